The Labute approximate surface area is 281 Å². The Morgan fingerprint density at radius 3 is 2.26 bits per heavy atom. The Morgan fingerprint density at radius 2 is 1.57 bits per heavy atom. The number of aryl methyl sites for hydroxylation is 2. The number of methoxy groups -OCH3 is 2. The van der Waals surface area contributed by atoms with Gasteiger partial charge in [0.05, 0.1) is 32.2 Å². The van der Waals surface area contributed by atoms with Crippen molar-refractivity contribution >= 4 is 5.91 Å². The second kappa shape index (κ2) is 15.1. The predicted octanol–water partition coefficient (Wildman–Crippen LogP) is 9.14. The number of aromatic nitrogens is 2. The Hall–Kier alpha value is -4.26. The molecule has 0 aliphatic carbocycles. The van der Waals surface area contributed by atoms with Gasteiger partial charge in [0.25, 0.3) is 5.91 Å². The van der Waals surface area contributed by atoms with Crippen molar-refractivity contribution in [3.63, 3.8) is 0 Å². The summed E-state index contributed by atoms with van der Waals surface area (Å²) in [6, 6.07) is 20.3. The lowest BCUT2D eigenvalue weighted by atomic mass is 9.76. The quantitative estimate of drug-likeness (QED) is 0.131. The summed E-state index contributed by atoms with van der Waals surface area (Å²) in [7, 11) is 3.24. The number of amides is 1. The zero-order chi connectivity index (χ0) is 34.4. The van der Waals surface area contributed by atoms with E-state index in [1.807, 2.05) is 44.2 Å². The molecule has 47 heavy (non-hydrogen) atoms. The van der Waals surface area contributed by atoms with Crippen LogP contribution in [-0.4, -0.2) is 43.1 Å². The summed E-state index contributed by atoms with van der Waals surface area (Å²) < 4.78 is 19.1. The number of rotatable bonds is 15. The molecule has 0 radical (unpaired) electrons. The number of carbonyl (C=O) groups excluding carboxylic acids is 1. The maximum absolute atomic E-state index is 13.7. The third-order valence-corrected chi connectivity index (χ3v) is 9.59. The summed E-state index contributed by atoms with van der Waals surface area (Å²) in [6.45, 7) is 18.8. The van der Waals surface area contributed by atoms with Crippen molar-refractivity contribution in [3.8, 4) is 34.2 Å². The van der Waals surface area contributed by atoms with Gasteiger partial charge in [-0.3, -0.25) is 4.79 Å². The van der Waals surface area contributed by atoms with Crippen molar-refractivity contribution in [1.29, 1.82) is 0 Å². The normalized spacial score (nSPS) is 11.8. The van der Waals surface area contributed by atoms with Crippen molar-refractivity contribution in [2.75, 3.05) is 27.4 Å². The van der Waals surface area contributed by atoms with Gasteiger partial charge in [-0.1, -0.05) is 65.8 Å². The number of benzene rings is 3. The first-order valence-electron chi connectivity index (χ1n) is 16.8. The van der Waals surface area contributed by atoms with Gasteiger partial charge in [-0.15, -0.1) is 0 Å². The summed E-state index contributed by atoms with van der Waals surface area (Å²) in [5.41, 5.74) is 7.59. The molecule has 1 N–H and O–H groups in total. The van der Waals surface area contributed by atoms with Crippen LogP contribution >= 0.6 is 0 Å². The van der Waals surface area contributed by atoms with Gasteiger partial charge in [0.15, 0.2) is 0 Å². The minimum atomic E-state index is -0.181. The Kier molecular flexibility index (Phi) is 11.4. The first-order chi connectivity index (χ1) is 22.3. The standard InChI is InChI=1S/C40H53N3O4/c1-11-39(5,6)29-17-20-36(32(24-29)40(7,8)12-2)47-22-14-13-21-41-38(44)35-26-33(31-19-18-30(45-9)25-37(31)46-10)42-43(35)34-23-27(3)15-16-28(34)4/h15-20,23-26H,11-14,21-22H2,1-10H3,(H,41,44). The second-order valence-electron chi connectivity index (χ2n) is 13.7. The molecule has 4 rings (SSSR count). The maximum atomic E-state index is 13.7. The van der Waals surface area contributed by atoms with E-state index in [2.05, 4.69) is 77.2 Å². The molecule has 0 aliphatic rings. The minimum absolute atomic E-state index is 0.0103. The Bertz CT molecular complexity index is 1680. The van der Waals surface area contributed by atoms with E-state index in [-0.39, 0.29) is 16.7 Å². The average molecular weight is 640 g/mol. The van der Waals surface area contributed by atoms with Crippen molar-refractivity contribution in [3.05, 3.63) is 88.6 Å². The van der Waals surface area contributed by atoms with Crippen molar-refractivity contribution in [1.82, 2.24) is 15.1 Å². The maximum Gasteiger partial charge on any atom is 0.270 e. The SMILES string of the molecule is CCC(C)(C)c1ccc(OCCCCNC(=O)c2cc(-c3ccc(OC)cc3OC)nn2-c2cc(C)ccc2C)c(C(C)(C)CC)c1. The van der Waals surface area contributed by atoms with Crippen LogP contribution in [-0.2, 0) is 10.8 Å². The number of hydrogen-bond acceptors (Lipinski definition) is 5. The van der Waals surface area contributed by atoms with Crippen LogP contribution in [0.25, 0.3) is 16.9 Å². The van der Waals surface area contributed by atoms with E-state index in [1.54, 1.807) is 18.9 Å². The molecule has 0 saturated heterocycles. The summed E-state index contributed by atoms with van der Waals surface area (Å²) in [5.74, 6) is 2.08. The van der Waals surface area contributed by atoms with Gasteiger partial charge in [-0.25, -0.2) is 4.68 Å². The van der Waals surface area contributed by atoms with Crippen LogP contribution in [0.5, 0.6) is 17.2 Å². The molecule has 1 heterocycles. The molecule has 0 unspecified atom stereocenters. The van der Waals surface area contributed by atoms with Gasteiger partial charge < -0.3 is 19.5 Å². The van der Waals surface area contributed by atoms with Crippen LogP contribution in [0.3, 0.4) is 0 Å². The zero-order valence-electron chi connectivity index (χ0n) is 30.0. The number of unbranched alkanes of at least 4 members (excludes halogenated alkanes) is 1. The van der Waals surface area contributed by atoms with E-state index >= 15 is 0 Å². The lowest BCUT2D eigenvalue weighted by Crippen LogP contribution is -2.27. The van der Waals surface area contributed by atoms with Crippen molar-refractivity contribution in [2.24, 2.45) is 0 Å². The lowest BCUT2D eigenvalue weighted by molar-refractivity contribution is 0.0944. The van der Waals surface area contributed by atoms with Crippen molar-refractivity contribution < 1.29 is 19.0 Å². The summed E-state index contributed by atoms with van der Waals surface area (Å²) in [5, 5.41) is 8.03. The molecule has 0 fully saturated rings. The highest BCUT2D eigenvalue weighted by atomic mass is 16.5. The Morgan fingerprint density at radius 1 is 0.830 bits per heavy atom. The van der Waals surface area contributed by atoms with Crippen LogP contribution in [0, 0.1) is 13.8 Å². The molecule has 7 heteroatoms. The first-order valence-corrected chi connectivity index (χ1v) is 16.8. The van der Waals surface area contributed by atoms with E-state index in [1.165, 1.54) is 11.1 Å². The summed E-state index contributed by atoms with van der Waals surface area (Å²) in [4.78, 5) is 13.7. The average Bonchev–Trinajstić information content (AvgIpc) is 3.52. The van der Waals surface area contributed by atoms with Crippen LogP contribution in [0.15, 0.2) is 60.7 Å². The largest absolute Gasteiger partial charge is 0.497 e. The number of ether oxygens (including phenoxy) is 3. The van der Waals surface area contributed by atoms with Gasteiger partial charge in [0.2, 0.25) is 0 Å². The molecule has 252 valence electrons. The van der Waals surface area contributed by atoms with Crippen LogP contribution in [0.1, 0.15) is 100.0 Å². The number of nitrogens with one attached hydrogen (secondary N) is 1. The first kappa shape index (κ1) is 35.6. The fourth-order valence-electron chi connectivity index (χ4n) is 5.52. The molecule has 0 aliphatic heterocycles. The topological polar surface area (TPSA) is 74.6 Å². The zero-order valence-corrected chi connectivity index (χ0v) is 30.0. The predicted molar refractivity (Wildman–Crippen MR) is 192 cm³/mol. The molecule has 3 aromatic carbocycles. The third kappa shape index (κ3) is 8.19. The van der Waals surface area contributed by atoms with E-state index < -0.39 is 0 Å². The minimum Gasteiger partial charge on any atom is -0.497 e. The molecular formula is C40H53N3O4. The summed E-state index contributed by atoms with van der Waals surface area (Å²) in [6.07, 6.45) is 3.71. The molecular weight excluding hydrogens is 586 g/mol. The molecule has 1 amide bonds. The highest BCUT2D eigenvalue weighted by Gasteiger charge is 2.27. The van der Waals surface area contributed by atoms with Crippen LogP contribution in [0.4, 0.5) is 0 Å². The van der Waals surface area contributed by atoms with Gasteiger partial charge in [0.1, 0.15) is 22.9 Å². The molecule has 1 aromatic heterocycles. The Balaban J connectivity index is 1.47. The van der Waals surface area contributed by atoms with Gasteiger partial charge in [0, 0.05) is 23.7 Å². The summed E-state index contributed by atoms with van der Waals surface area (Å²) >= 11 is 0. The molecule has 7 nitrogen and oxygen atoms in total. The molecule has 4 aromatic rings. The van der Waals surface area contributed by atoms with E-state index in [0.29, 0.717) is 36.0 Å². The van der Waals surface area contributed by atoms with Crippen molar-refractivity contribution in [2.45, 2.75) is 91.9 Å². The molecule has 0 bridgehead atoms. The van der Waals surface area contributed by atoms with Gasteiger partial charge >= 0.3 is 0 Å². The van der Waals surface area contributed by atoms with E-state index in [4.69, 9.17) is 19.3 Å². The number of nitrogens with zero attached hydrogens (tertiary/aromatic N) is 2. The smallest absolute Gasteiger partial charge is 0.270 e. The number of hydrogen-bond donors (Lipinski definition) is 1. The fourth-order valence-corrected chi connectivity index (χ4v) is 5.52. The van der Waals surface area contributed by atoms with Gasteiger partial charge in [-0.05, 0) is 97.4 Å². The highest BCUT2D eigenvalue weighted by molar-refractivity contribution is 5.94. The molecule has 0 atom stereocenters. The number of carbonyl (C=O) groups is 1. The molecule has 0 spiro atoms. The van der Waals surface area contributed by atoms with E-state index in [0.717, 1.165) is 53.8 Å². The van der Waals surface area contributed by atoms with Gasteiger partial charge in [-0.2, -0.15) is 5.10 Å². The van der Waals surface area contributed by atoms with Crippen LogP contribution < -0.4 is 19.5 Å². The third-order valence-electron chi connectivity index (χ3n) is 9.59. The molecule has 0 saturated carbocycles. The lowest BCUT2D eigenvalue weighted by Gasteiger charge is -2.30. The van der Waals surface area contributed by atoms with Crippen LogP contribution in [0.2, 0.25) is 0 Å². The second-order valence-corrected chi connectivity index (χ2v) is 13.7. The monoisotopic (exact) mass is 639 g/mol. The highest BCUT2D eigenvalue weighted by Crippen LogP contribution is 2.39. The fraction of sp³-hybridized carbons (Fsp3) is 0.450. The van der Waals surface area contributed by atoms with E-state index in [9.17, 15) is 4.79 Å².